The summed E-state index contributed by atoms with van der Waals surface area (Å²) in [7, 11) is 0. The highest BCUT2D eigenvalue weighted by Crippen LogP contribution is 2.10. The molecule has 1 amide bonds. The Labute approximate surface area is 146 Å². The standard InChI is InChI=1S/C16H24N6O3/c1-11-7-12(2)21(19-11)4-3-16-18-15(8-14(17)23)20-22(16)9-13-10-24-5-6-25-13/h7,13H,3-6,8-10H2,1-2H3,(H2,17,23)/t13-/m0/s1. The normalized spacial score (nSPS) is 17.8. The summed E-state index contributed by atoms with van der Waals surface area (Å²) in [5.41, 5.74) is 7.36. The van der Waals surface area contributed by atoms with Crippen LogP contribution < -0.4 is 5.73 Å². The van der Waals surface area contributed by atoms with Crippen molar-refractivity contribution in [3.05, 3.63) is 29.1 Å². The Bertz CT molecular complexity index is 732. The highest BCUT2D eigenvalue weighted by molar-refractivity contribution is 5.75. The first kappa shape index (κ1) is 17.6. The first-order chi connectivity index (χ1) is 12.0. The van der Waals surface area contributed by atoms with Crippen molar-refractivity contribution < 1.29 is 14.3 Å². The number of nitrogens with two attached hydrogens (primary N) is 1. The van der Waals surface area contributed by atoms with Gasteiger partial charge in [0.1, 0.15) is 11.9 Å². The molecule has 3 rings (SSSR count). The lowest BCUT2D eigenvalue weighted by molar-refractivity contribution is -0.117. The maximum Gasteiger partial charge on any atom is 0.225 e. The lowest BCUT2D eigenvalue weighted by Crippen LogP contribution is -2.33. The van der Waals surface area contributed by atoms with Gasteiger partial charge >= 0.3 is 0 Å². The fraction of sp³-hybridized carbons (Fsp3) is 0.625. The molecule has 0 unspecified atom stereocenters. The summed E-state index contributed by atoms with van der Waals surface area (Å²) in [6, 6.07) is 2.04. The Morgan fingerprint density at radius 1 is 1.32 bits per heavy atom. The molecule has 2 N–H and O–H groups in total. The number of ether oxygens (including phenoxy) is 2. The monoisotopic (exact) mass is 348 g/mol. The van der Waals surface area contributed by atoms with Gasteiger partial charge in [0, 0.05) is 18.7 Å². The molecular weight excluding hydrogens is 324 g/mol. The molecule has 3 heterocycles. The second kappa shape index (κ2) is 7.75. The van der Waals surface area contributed by atoms with Crippen molar-refractivity contribution >= 4 is 5.91 Å². The first-order valence-corrected chi connectivity index (χ1v) is 8.42. The molecule has 0 bridgehead atoms. The average molecular weight is 348 g/mol. The van der Waals surface area contributed by atoms with Gasteiger partial charge in [0.05, 0.1) is 38.5 Å². The average Bonchev–Trinajstić information content (AvgIpc) is 3.08. The van der Waals surface area contributed by atoms with E-state index >= 15 is 0 Å². The van der Waals surface area contributed by atoms with Gasteiger partial charge in [-0.25, -0.2) is 9.67 Å². The number of hydrogen-bond donors (Lipinski definition) is 1. The lowest BCUT2D eigenvalue weighted by Gasteiger charge is -2.23. The maximum absolute atomic E-state index is 11.2. The number of primary amides is 1. The van der Waals surface area contributed by atoms with Gasteiger partial charge < -0.3 is 15.2 Å². The van der Waals surface area contributed by atoms with Crippen LogP contribution in [0, 0.1) is 13.8 Å². The molecule has 1 saturated heterocycles. The minimum Gasteiger partial charge on any atom is -0.376 e. The van der Waals surface area contributed by atoms with Gasteiger partial charge in [-0.3, -0.25) is 9.48 Å². The summed E-state index contributed by atoms with van der Waals surface area (Å²) in [5.74, 6) is 0.782. The van der Waals surface area contributed by atoms with E-state index in [0.29, 0.717) is 45.2 Å². The zero-order valence-electron chi connectivity index (χ0n) is 14.6. The van der Waals surface area contributed by atoms with Crippen molar-refractivity contribution in [2.75, 3.05) is 19.8 Å². The van der Waals surface area contributed by atoms with Gasteiger partial charge in [-0.1, -0.05) is 0 Å². The molecular formula is C16H24N6O3. The van der Waals surface area contributed by atoms with Gasteiger partial charge in [-0.05, 0) is 19.9 Å². The Balaban J connectivity index is 1.73. The second-order valence-electron chi connectivity index (χ2n) is 6.24. The van der Waals surface area contributed by atoms with Crippen molar-refractivity contribution in [1.82, 2.24) is 24.5 Å². The largest absolute Gasteiger partial charge is 0.376 e. The molecule has 1 fully saturated rings. The topological polar surface area (TPSA) is 110 Å². The highest BCUT2D eigenvalue weighted by atomic mass is 16.6. The van der Waals surface area contributed by atoms with Gasteiger partial charge in [-0.2, -0.15) is 10.2 Å². The van der Waals surface area contributed by atoms with E-state index in [1.807, 2.05) is 24.6 Å². The van der Waals surface area contributed by atoms with Gasteiger partial charge in [0.2, 0.25) is 5.91 Å². The number of carbonyl (C=O) groups excluding carboxylic acids is 1. The van der Waals surface area contributed by atoms with Crippen molar-refractivity contribution in [3.8, 4) is 0 Å². The van der Waals surface area contributed by atoms with E-state index in [9.17, 15) is 4.79 Å². The van der Waals surface area contributed by atoms with Crippen LogP contribution in [0.15, 0.2) is 6.07 Å². The molecule has 1 aliphatic rings. The molecule has 2 aromatic rings. The summed E-state index contributed by atoms with van der Waals surface area (Å²) in [5, 5.41) is 8.89. The third-order valence-corrected chi connectivity index (χ3v) is 4.04. The minimum atomic E-state index is -0.445. The molecule has 9 nitrogen and oxygen atoms in total. The lowest BCUT2D eigenvalue weighted by atomic mass is 10.3. The van der Waals surface area contributed by atoms with Crippen molar-refractivity contribution in [2.24, 2.45) is 5.73 Å². The molecule has 9 heteroatoms. The van der Waals surface area contributed by atoms with Crippen LogP contribution in [0.1, 0.15) is 23.0 Å². The van der Waals surface area contributed by atoms with E-state index in [1.54, 1.807) is 4.68 Å². The maximum atomic E-state index is 11.2. The van der Waals surface area contributed by atoms with E-state index in [-0.39, 0.29) is 12.5 Å². The third kappa shape index (κ3) is 4.64. The number of aryl methyl sites for hydroxylation is 4. The fourth-order valence-corrected chi connectivity index (χ4v) is 2.93. The van der Waals surface area contributed by atoms with Crippen molar-refractivity contribution in [2.45, 2.75) is 45.9 Å². The zero-order valence-corrected chi connectivity index (χ0v) is 14.6. The molecule has 0 radical (unpaired) electrons. The Hall–Kier alpha value is -2.26. The second-order valence-corrected chi connectivity index (χ2v) is 6.24. The summed E-state index contributed by atoms with van der Waals surface area (Å²) in [6.07, 6.45) is 0.618. The molecule has 1 aliphatic heterocycles. The predicted octanol–water partition coefficient (Wildman–Crippen LogP) is -0.223. The van der Waals surface area contributed by atoms with E-state index < -0.39 is 5.91 Å². The molecule has 0 aromatic carbocycles. The van der Waals surface area contributed by atoms with Crippen molar-refractivity contribution in [1.29, 1.82) is 0 Å². The fourth-order valence-electron chi connectivity index (χ4n) is 2.93. The number of carbonyl (C=O) groups is 1. The van der Waals surface area contributed by atoms with Crippen LogP contribution in [0.5, 0.6) is 0 Å². The van der Waals surface area contributed by atoms with E-state index in [2.05, 4.69) is 15.2 Å². The van der Waals surface area contributed by atoms with Gasteiger partial charge in [0.15, 0.2) is 5.82 Å². The summed E-state index contributed by atoms with van der Waals surface area (Å²) in [4.78, 5) is 15.7. The first-order valence-electron chi connectivity index (χ1n) is 8.42. The number of aromatic nitrogens is 5. The van der Waals surface area contributed by atoms with Crippen LogP contribution in [0.3, 0.4) is 0 Å². The molecule has 2 aromatic heterocycles. The molecule has 0 saturated carbocycles. The summed E-state index contributed by atoms with van der Waals surface area (Å²) in [6.45, 7) is 6.95. The van der Waals surface area contributed by atoms with E-state index in [0.717, 1.165) is 17.2 Å². The predicted molar refractivity (Wildman–Crippen MR) is 88.9 cm³/mol. The van der Waals surface area contributed by atoms with Crippen molar-refractivity contribution in [3.63, 3.8) is 0 Å². The molecule has 1 atom stereocenters. The van der Waals surface area contributed by atoms with E-state index in [1.165, 1.54) is 0 Å². The Kier molecular flexibility index (Phi) is 5.44. The molecule has 0 spiro atoms. The Morgan fingerprint density at radius 2 is 2.16 bits per heavy atom. The smallest absolute Gasteiger partial charge is 0.225 e. The van der Waals surface area contributed by atoms with Crippen LogP contribution in [-0.2, 0) is 40.2 Å². The van der Waals surface area contributed by atoms with Crippen LogP contribution in [0.2, 0.25) is 0 Å². The van der Waals surface area contributed by atoms with E-state index in [4.69, 9.17) is 15.2 Å². The molecule has 0 aliphatic carbocycles. The Morgan fingerprint density at radius 3 is 2.80 bits per heavy atom. The SMILES string of the molecule is Cc1cc(C)n(CCc2nc(CC(N)=O)nn2C[C@H]2COCCO2)n1. The van der Waals surface area contributed by atoms with Crippen LogP contribution in [0.25, 0.3) is 0 Å². The van der Waals surface area contributed by atoms with Crippen LogP contribution >= 0.6 is 0 Å². The third-order valence-electron chi connectivity index (χ3n) is 4.04. The number of nitrogens with zero attached hydrogens (tertiary/aromatic N) is 5. The minimum absolute atomic E-state index is 0.0297. The quantitative estimate of drug-likeness (QED) is 0.740. The summed E-state index contributed by atoms with van der Waals surface area (Å²) < 4.78 is 14.9. The summed E-state index contributed by atoms with van der Waals surface area (Å²) >= 11 is 0. The van der Waals surface area contributed by atoms with Crippen LogP contribution in [0.4, 0.5) is 0 Å². The van der Waals surface area contributed by atoms with Gasteiger partial charge in [-0.15, -0.1) is 0 Å². The molecule has 25 heavy (non-hydrogen) atoms. The number of rotatable bonds is 7. The highest BCUT2D eigenvalue weighted by Gasteiger charge is 2.19. The van der Waals surface area contributed by atoms with Crippen LogP contribution in [-0.4, -0.2) is 56.4 Å². The number of amides is 1. The number of hydrogen-bond acceptors (Lipinski definition) is 6. The zero-order chi connectivity index (χ0) is 17.8. The molecule has 136 valence electrons. The van der Waals surface area contributed by atoms with Gasteiger partial charge in [0.25, 0.3) is 0 Å².